The van der Waals surface area contributed by atoms with Crippen LogP contribution in [0.5, 0.6) is 0 Å². The third kappa shape index (κ3) is 4.97. The summed E-state index contributed by atoms with van der Waals surface area (Å²) in [5.41, 5.74) is 4.14. The standard InChI is InChI=1S/C25H28N4O3/c1-16(2)9-10-28-18(4)11-20(19(28)5)12-21(14-26)25(31)32-15-22-13-24(30)29-17(3)7-6-8-23(29)27-22/h6-8,11-13,16H,9-10,15H2,1-5H3/b21-12+. The molecule has 0 saturated carbocycles. The molecule has 166 valence electrons. The van der Waals surface area contributed by atoms with Gasteiger partial charge in [0.2, 0.25) is 0 Å². The normalized spacial score (nSPS) is 11.7. The first kappa shape index (κ1) is 23.0. The van der Waals surface area contributed by atoms with Crippen LogP contribution in [-0.2, 0) is 22.7 Å². The van der Waals surface area contributed by atoms with Crippen LogP contribution in [0.2, 0.25) is 0 Å². The van der Waals surface area contributed by atoms with E-state index in [1.54, 1.807) is 18.2 Å². The van der Waals surface area contributed by atoms with E-state index in [9.17, 15) is 14.9 Å². The third-order valence-electron chi connectivity index (χ3n) is 5.47. The molecule has 0 N–H and O–H groups in total. The molecule has 3 heterocycles. The number of carbonyl (C=O) groups is 1. The van der Waals surface area contributed by atoms with Gasteiger partial charge in [-0.15, -0.1) is 0 Å². The molecule has 0 aromatic carbocycles. The fraction of sp³-hybridized carbons (Fsp3) is 0.360. The average molecular weight is 433 g/mol. The van der Waals surface area contributed by atoms with Crippen LogP contribution >= 0.6 is 0 Å². The number of ether oxygens (including phenoxy) is 1. The predicted molar refractivity (Wildman–Crippen MR) is 123 cm³/mol. The van der Waals surface area contributed by atoms with Gasteiger partial charge in [-0.3, -0.25) is 9.20 Å². The highest BCUT2D eigenvalue weighted by Gasteiger charge is 2.15. The molecule has 7 heteroatoms. The maximum absolute atomic E-state index is 12.5. The van der Waals surface area contributed by atoms with Gasteiger partial charge in [-0.1, -0.05) is 19.9 Å². The smallest absolute Gasteiger partial charge is 0.349 e. The highest BCUT2D eigenvalue weighted by molar-refractivity contribution is 5.98. The minimum Gasteiger partial charge on any atom is -0.455 e. The van der Waals surface area contributed by atoms with Crippen LogP contribution in [0.3, 0.4) is 0 Å². The van der Waals surface area contributed by atoms with Crippen molar-refractivity contribution in [3.8, 4) is 6.07 Å². The molecule has 3 rings (SSSR count). The number of fused-ring (bicyclic) bond motifs is 1. The van der Waals surface area contributed by atoms with E-state index in [-0.39, 0.29) is 17.7 Å². The summed E-state index contributed by atoms with van der Waals surface area (Å²) in [6.07, 6.45) is 2.60. The summed E-state index contributed by atoms with van der Waals surface area (Å²) in [6.45, 7) is 10.9. The minimum absolute atomic E-state index is 0.0949. The summed E-state index contributed by atoms with van der Waals surface area (Å²) in [5.74, 6) is -0.161. The molecule has 0 spiro atoms. The van der Waals surface area contributed by atoms with Gasteiger partial charge in [-0.25, -0.2) is 9.78 Å². The Morgan fingerprint density at radius 2 is 1.97 bits per heavy atom. The van der Waals surface area contributed by atoms with Crippen LogP contribution in [0.1, 0.15) is 48.6 Å². The number of aromatic nitrogens is 3. The van der Waals surface area contributed by atoms with Crippen molar-refractivity contribution >= 4 is 17.7 Å². The molecule has 0 aliphatic rings. The monoisotopic (exact) mass is 432 g/mol. The lowest BCUT2D eigenvalue weighted by Crippen LogP contribution is -2.18. The number of hydrogen-bond acceptors (Lipinski definition) is 5. The zero-order valence-corrected chi connectivity index (χ0v) is 19.2. The van der Waals surface area contributed by atoms with Crippen LogP contribution in [-0.4, -0.2) is 19.9 Å². The first-order chi connectivity index (χ1) is 15.2. The molecule has 0 aliphatic carbocycles. The highest BCUT2D eigenvalue weighted by atomic mass is 16.5. The summed E-state index contributed by atoms with van der Waals surface area (Å²) in [7, 11) is 0. The van der Waals surface area contributed by atoms with Crippen molar-refractivity contribution in [3.05, 3.63) is 74.6 Å². The van der Waals surface area contributed by atoms with Gasteiger partial charge in [0.25, 0.3) is 5.56 Å². The molecule has 0 aliphatic heterocycles. The highest BCUT2D eigenvalue weighted by Crippen LogP contribution is 2.20. The summed E-state index contributed by atoms with van der Waals surface area (Å²) in [6, 6.07) is 10.6. The Morgan fingerprint density at radius 3 is 2.66 bits per heavy atom. The van der Waals surface area contributed by atoms with Crippen molar-refractivity contribution in [2.24, 2.45) is 5.92 Å². The minimum atomic E-state index is -0.745. The lowest BCUT2D eigenvalue weighted by atomic mass is 10.1. The first-order valence-electron chi connectivity index (χ1n) is 10.6. The molecule has 7 nitrogen and oxygen atoms in total. The van der Waals surface area contributed by atoms with E-state index in [1.807, 2.05) is 39.0 Å². The van der Waals surface area contributed by atoms with E-state index in [0.29, 0.717) is 17.3 Å². The lowest BCUT2D eigenvalue weighted by molar-refractivity contribution is -0.139. The van der Waals surface area contributed by atoms with Gasteiger partial charge in [0.1, 0.15) is 23.9 Å². The zero-order chi connectivity index (χ0) is 23.4. The molecule has 0 fully saturated rings. The zero-order valence-electron chi connectivity index (χ0n) is 19.2. The molecule has 0 amide bonds. The van der Waals surface area contributed by atoms with E-state index < -0.39 is 5.97 Å². The van der Waals surface area contributed by atoms with Crippen molar-refractivity contribution in [1.82, 2.24) is 14.0 Å². The van der Waals surface area contributed by atoms with Crippen molar-refractivity contribution in [2.75, 3.05) is 0 Å². The van der Waals surface area contributed by atoms with Gasteiger partial charge in [-0.2, -0.15) is 5.26 Å². The number of hydrogen-bond donors (Lipinski definition) is 0. The van der Waals surface area contributed by atoms with Crippen molar-refractivity contribution in [2.45, 2.75) is 54.2 Å². The summed E-state index contributed by atoms with van der Waals surface area (Å²) >= 11 is 0. The van der Waals surface area contributed by atoms with Gasteiger partial charge < -0.3 is 9.30 Å². The van der Waals surface area contributed by atoms with Crippen LogP contribution in [0.25, 0.3) is 11.7 Å². The largest absolute Gasteiger partial charge is 0.455 e. The predicted octanol–water partition coefficient (Wildman–Crippen LogP) is 4.12. The van der Waals surface area contributed by atoms with E-state index in [4.69, 9.17) is 4.74 Å². The number of rotatable bonds is 7. The van der Waals surface area contributed by atoms with E-state index >= 15 is 0 Å². The number of carbonyl (C=O) groups excluding carboxylic acids is 1. The molecule has 3 aromatic rings. The van der Waals surface area contributed by atoms with Gasteiger partial charge in [0, 0.05) is 29.7 Å². The second kappa shape index (κ2) is 9.65. The van der Waals surface area contributed by atoms with Crippen molar-refractivity contribution < 1.29 is 9.53 Å². The van der Waals surface area contributed by atoms with Gasteiger partial charge >= 0.3 is 5.97 Å². The van der Waals surface area contributed by atoms with Crippen LogP contribution in [0.15, 0.2) is 40.7 Å². The first-order valence-corrected chi connectivity index (χ1v) is 10.6. The van der Waals surface area contributed by atoms with E-state index in [2.05, 4.69) is 23.4 Å². The van der Waals surface area contributed by atoms with E-state index in [0.717, 1.165) is 35.6 Å². The topological polar surface area (TPSA) is 89.4 Å². The Bertz CT molecular complexity index is 1290. The number of nitrogens with zero attached hydrogens (tertiary/aromatic N) is 4. The maximum atomic E-state index is 12.5. The second-order valence-electron chi connectivity index (χ2n) is 8.35. The third-order valence-corrected chi connectivity index (χ3v) is 5.47. The number of nitriles is 1. The SMILES string of the molecule is Cc1cc(/C=C(\C#N)C(=O)OCc2cc(=O)n3c(C)cccc3n2)c(C)n1CCC(C)C. The molecular weight excluding hydrogens is 404 g/mol. The summed E-state index contributed by atoms with van der Waals surface area (Å²) in [4.78, 5) is 29.3. The molecule has 3 aromatic heterocycles. The van der Waals surface area contributed by atoms with Gasteiger partial charge in [0.15, 0.2) is 0 Å². The van der Waals surface area contributed by atoms with Gasteiger partial charge in [-0.05, 0) is 62.9 Å². The Labute approximate surface area is 187 Å². The fourth-order valence-corrected chi connectivity index (χ4v) is 3.65. The van der Waals surface area contributed by atoms with Crippen LogP contribution in [0.4, 0.5) is 0 Å². The van der Waals surface area contributed by atoms with Crippen molar-refractivity contribution in [1.29, 1.82) is 5.26 Å². The number of esters is 1. The number of pyridine rings is 1. The molecule has 0 bridgehead atoms. The summed E-state index contributed by atoms with van der Waals surface area (Å²) in [5, 5.41) is 9.52. The maximum Gasteiger partial charge on any atom is 0.349 e. The Morgan fingerprint density at radius 1 is 1.22 bits per heavy atom. The quantitative estimate of drug-likeness (QED) is 0.318. The lowest BCUT2D eigenvalue weighted by Gasteiger charge is -2.11. The molecule has 32 heavy (non-hydrogen) atoms. The Hall–Kier alpha value is -3.66. The van der Waals surface area contributed by atoms with Gasteiger partial charge in [0.05, 0.1) is 5.69 Å². The average Bonchev–Trinajstić information content (AvgIpc) is 3.00. The molecule has 0 unspecified atom stereocenters. The fourth-order valence-electron chi connectivity index (χ4n) is 3.65. The molecular formula is C25H28N4O3. The second-order valence-corrected chi connectivity index (χ2v) is 8.35. The van der Waals surface area contributed by atoms with E-state index in [1.165, 1.54) is 10.5 Å². The molecule has 0 radical (unpaired) electrons. The Kier molecular flexibility index (Phi) is 6.94. The van der Waals surface area contributed by atoms with Crippen LogP contribution < -0.4 is 5.56 Å². The summed E-state index contributed by atoms with van der Waals surface area (Å²) < 4.78 is 8.98. The van der Waals surface area contributed by atoms with Crippen molar-refractivity contribution in [3.63, 3.8) is 0 Å². The molecule has 0 atom stereocenters. The Balaban J connectivity index is 1.78. The van der Waals surface area contributed by atoms with Crippen LogP contribution in [0, 0.1) is 38.0 Å². The number of aryl methyl sites for hydroxylation is 2. The molecule has 0 saturated heterocycles.